The summed E-state index contributed by atoms with van der Waals surface area (Å²) in [4.78, 5) is 0. The minimum atomic E-state index is -0.171. The van der Waals surface area contributed by atoms with E-state index in [0.29, 0.717) is 0 Å². The second-order valence-corrected chi connectivity index (χ2v) is 6.27. The highest BCUT2D eigenvalue weighted by atomic mass is 35.5. The van der Waals surface area contributed by atoms with Gasteiger partial charge in [0.1, 0.15) is 0 Å². The predicted molar refractivity (Wildman–Crippen MR) is 53.1 cm³/mol. The van der Waals surface area contributed by atoms with Crippen LogP contribution < -0.4 is 0 Å². The molecule has 0 radical (unpaired) electrons. The molecule has 0 aromatic carbocycles. The van der Waals surface area contributed by atoms with Crippen LogP contribution in [0.5, 0.6) is 0 Å². The molecule has 0 spiro atoms. The Kier molecular flexibility index (Phi) is 21.1. The first-order chi connectivity index (χ1) is 3.35. The van der Waals surface area contributed by atoms with Crippen LogP contribution in [-0.2, 0) is 0 Å². The van der Waals surface area contributed by atoms with Gasteiger partial charge < -0.3 is 0 Å². The van der Waals surface area contributed by atoms with Gasteiger partial charge in [-0.2, -0.15) is 0 Å². The predicted octanol–water partition coefficient (Wildman–Crippen LogP) is 3.12. The lowest BCUT2D eigenvalue weighted by molar-refractivity contribution is 1.24. The molecule has 0 saturated heterocycles. The van der Waals surface area contributed by atoms with Gasteiger partial charge in [-0.1, -0.05) is 38.9 Å². The summed E-state index contributed by atoms with van der Waals surface area (Å²) in [5, 5.41) is 0. The minimum absolute atomic E-state index is 0. The van der Waals surface area contributed by atoms with E-state index in [-0.39, 0.29) is 33.6 Å². The summed E-state index contributed by atoms with van der Waals surface area (Å²) < 4.78 is 0. The van der Waals surface area contributed by atoms with Crippen molar-refractivity contribution in [2.24, 2.45) is 0 Å². The molecular formula is C6H18Cl2Si. The molecule has 0 fully saturated rings. The topological polar surface area (TPSA) is 0 Å². The van der Waals surface area contributed by atoms with E-state index >= 15 is 0 Å². The van der Waals surface area contributed by atoms with Gasteiger partial charge in [-0.25, -0.2) is 0 Å². The molecule has 0 aromatic heterocycles. The first-order valence-corrected chi connectivity index (χ1v) is 5.80. The van der Waals surface area contributed by atoms with E-state index in [1.165, 1.54) is 18.1 Å². The maximum absolute atomic E-state index is 2.32. The summed E-state index contributed by atoms with van der Waals surface area (Å²) in [5.41, 5.74) is 0. The van der Waals surface area contributed by atoms with Gasteiger partial charge in [0.15, 0.2) is 0 Å². The molecule has 9 heavy (non-hydrogen) atoms. The molecule has 0 aliphatic rings. The Hall–Kier alpha value is 0.797. The lowest BCUT2D eigenvalue weighted by Crippen LogP contribution is -2.04. The Morgan fingerprint density at radius 2 is 1.00 bits per heavy atom. The first-order valence-electron chi connectivity index (χ1n) is 3.35. The van der Waals surface area contributed by atoms with Crippen molar-refractivity contribution in [3.8, 4) is 0 Å². The fourth-order valence-corrected chi connectivity index (χ4v) is 2.60. The zero-order valence-electron chi connectivity index (χ0n) is 6.52. The average molecular weight is 189 g/mol. The van der Waals surface area contributed by atoms with Crippen molar-refractivity contribution in [2.75, 3.05) is 0 Å². The van der Waals surface area contributed by atoms with Gasteiger partial charge in [0, 0.05) is 8.80 Å². The summed E-state index contributed by atoms with van der Waals surface area (Å²) in [7, 11) is -0.171. The molecule has 0 bridgehead atoms. The van der Waals surface area contributed by atoms with E-state index in [1.54, 1.807) is 0 Å². The van der Waals surface area contributed by atoms with E-state index in [2.05, 4.69) is 20.8 Å². The van der Waals surface area contributed by atoms with Crippen LogP contribution in [0.25, 0.3) is 0 Å². The maximum Gasteiger partial charge on any atom is 0.0359 e. The molecule has 3 heteroatoms. The van der Waals surface area contributed by atoms with Gasteiger partial charge in [-0.3, -0.25) is 0 Å². The van der Waals surface area contributed by atoms with Crippen LogP contribution in [0.1, 0.15) is 20.8 Å². The second-order valence-electron chi connectivity index (χ2n) is 2.09. The van der Waals surface area contributed by atoms with Gasteiger partial charge in [0.2, 0.25) is 0 Å². The molecular weight excluding hydrogens is 171 g/mol. The molecule has 0 aromatic rings. The molecule has 0 aliphatic heterocycles. The Balaban J connectivity index is -0.000000180. The Morgan fingerprint density at radius 3 is 1.00 bits per heavy atom. The largest absolute Gasteiger partial charge is 0.147 e. The molecule has 0 amide bonds. The lowest BCUT2D eigenvalue weighted by Gasteiger charge is -2.03. The van der Waals surface area contributed by atoms with Gasteiger partial charge in [0.25, 0.3) is 0 Å². The van der Waals surface area contributed by atoms with Crippen LogP contribution in [-0.4, -0.2) is 8.80 Å². The molecule has 0 aliphatic carbocycles. The van der Waals surface area contributed by atoms with Crippen LogP contribution >= 0.6 is 24.8 Å². The third-order valence-corrected chi connectivity index (χ3v) is 5.20. The van der Waals surface area contributed by atoms with Gasteiger partial charge in [-0.15, -0.1) is 24.8 Å². The summed E-state index contributed by atoms with van der Waals surface area (Å²) >= 11 is 0. The van der Waals surface area contributed by atoms with Crippen LogP contribution in [0, 0.1) is 0 Å². The Labute approximate surface area is 72.8 Å². The van der Waals surface area contributed by atoms with Crippen LogP contribution in [0.3, 0.4) is 0 Å². The van der Waals surface area contributed by atoms with Crippen LogP contribution in [0.4, 0.5) is 0 Å². The Morgan fingerprint density at radius 1 is 0.778 bits per heavy atom. The van der Waals surface area contributed by atoms with E-state index < -0.39 is 0 Å². The monoisotopic (exact) mass is 188 g/mol. The van der Waals surface area contributed by atoms with Crippen molar-refractivity contribution in [2.45, 2.75) is 38.9 Å². The first kappa shape index (κ1) is 16.4. The summed E-state index contributed by atoms with van der Waals surface area (Å²) in [6.45, 7) is 6.97. The molecule has 0 unspecified atom stereocenters. The molecule has 0 heterocycles. The third-order valence-electron chi connectivity index (χ3n) is 1.73. The molecule has 60 valence electrons. The highest BCUT2D eigenvalue weighted by Gasteiger charge is 1.98. The van der Waals surface area contributed by atoms with Crippen LogP contribution in [0.15, 0.2) is 0 Å². The standard InChI is InChI=1S/C6H16Si.2ClH/c1-4-7(5-2)6-3;;/h7H,4-6H2,1-3H3;2*1H. The highest BCUT2D eigenvalue weighted by Crippen LogP contribution is 2.01. The van der Waals surface area contributed by atoms with Crippen molar-refractivity contribution in [1.29, 1.82) is 0 Å². The summed E-state index contributed by atoms with van der Waals surface area (Å²) in [6, 6.07) is 4.48. The normalized spacial score (nSPS) is 8.00. The van der Waals surface area contributed by atoms with E-state index in [9.17, 15) is 0 Å². The zero-order chi connectivity index (χ0) is 5.70. The molecule has 0 saturated carbocycles. The molecule has 0 nitrogen and oxygen atoms in total. The van der Waals surface area contributed by atoms with Gasteiger partial charge >= 0.3 is 0 Å². The average Bonchev–Trinajstić information content (AvgIpc) is 1.72. The van der Waals surface area contributed by atoms with Gasteiger partial charge in [0.05, 0.1) is 0 Å². The van der Waals surface area contributed by atoms with Gasteiger partial charge in [-0.05, 0) is 0 Å². The van der Waals surface area contributed by atoms with Crippen molar-refractivity contribution in [1.82, 2.24) is 0 Å². The SMILES string of the molecule is CC[SiH](CC)CC.Cl.Cl. The smallest absolute Gasteiger partial charge is 0.0359 e. The third kappa shape index (κ3) is 8.80. The Bertz CT molecular complexity index is 32.5. The fourth-order valence-electron chi connectivity index (χ4n) is 0.866. The second kappa shape index (κ2) is 11.6. The van der Waals surface area contributed by atoms with E-state index in [4.69, 9.17) is 0 Å². The van der Waals surface area contributed by atoms with Crippen molar-refractivity contribution >= 4 is 33.6 Å². The number of hydrogen-bond donors (Lipinski definition) is 0. The van der Waals surface area contributed by atoms with E-state index in [1.807, 2.05) is 0 Å². The fraction of sp³-hybridized carbons (Fsp3) is 1.00. The number of halogens is 2. The molecule has 0 rings (SSSR count). The van der Waals surface area contributed by atoms with E-state index in [0.717, 1.165) is 0 Å². The van der Waals surface area contributed by atoms with Crippen molar-refractivity contribution in [3.63, 3.8) is 0 Å². The lowest BCUT2D eigenvalue weighted by atomic mass is 10.9. The minimum Gasteiger partial charge on any atom is -0.147 e. The quantitative estimate of drug-likeness (QED) is 0.598. The van der Waals surface area contributed by atoms with Crippen molar-refractivity contribution in [3.05, 3.63) is 0 Å². The molecule has 0 N–H and O–H groups in total. The maximum atomic E-state index is 2.32. The highest BCUT2D eigenvalue weighted by molar-refractivity contribution is 6.58. The number of rotatable bonds is 3. The summed E-state index contributed by atoms with van der Waals surface area (Å²) in [5.74, 6) is 0. The van der Waals surface area contributed by atoms with Crippen LogP contribution in [0.2, 0.25) is 18.1 Å². The molecule has 0 atom stereocenters. The zero-order valence-corrected chi connectivity index (χ0v) is 9.30. The summed E-state index contributed by atoms with van der Waals surface area (Å²) in [6.07, 6.45) is 0. The number of hydrogen-bond acceptors (Lipinski definition) is 0. The van der Waals surface area contributed by atoms with Crippen molar-refractivity contribution < 1.29 is 0 Å².